The lowest BCUT2D eigenvalue weighted by Crippen LogP contribution is -2.13. The number of halogens is 1. The molecule has 2 aromatic carbocycles. The minimum absolute atomic E-state index is 0.203. The van der Waals surface area contributed by atoms with Gasteiger partial charge in [-0.3, -0.25) is 4.79 Å². The second kappa shape index (κ2) is 5.10. The Morgan fingerprint density at radius 1 is 1.22 bits per heavy atom. The Hall–Kier alpha value is -2.00. The minimum atomic E-state index is -0.203. The molecule has 0 heterocycles. The lowest BCUT2D eigenvalue weighted by Gasteiger charge is -2.10. The molecule has 0 bridgehead atoms. The van der Waals surface area contributed by atoms with Crippen molar-refractivity contribution in [2.45, 2.75) is 6.92 Å². The van der Waals surface area contributed by atoms with Gasteiger partial charge in [0.2, 0.25) is 0 Å². The van der Waals surface area contributed by atoms with Gasteiger partial charge >= 0.3 is 0 Å². The van der Waals surface area contributed by atoms with Crippen molar-refractivity contribution in [3.05, 3.63) is 58.6 Å². The van der Waals surface area contributed by atoms with Gasteiger partial charge in [-0.25, -0.2) is 0 Å². The van der Waals surface area contributed by atoms with Crippen LogP contribution in [-0.4, -0.2) is 5.91 Å². The van der Waals surface area contributed by atoms with Crippen LogP contribution < -0.4 is 11.1 Å². The highest BCUT2D eigenvalue weighted by atomic mass is 35.5. The Labute approximate surface area is 111 Å². The lowest BCUT2D eigenvalue weighted by molar-refractivity contribution is 0.102. The number of hydrogen-bond donors (Lipinski definition) is 2. The van der Waals surface area contributed by atoms with Gasteiger partial charge in [0.15, 0.2) is 0 Å². The number of carbonyl (C=O) groups is 1. The quantitative estimate of drug-likeness (QED) is 0.812. The average Bonchev–Trinajstić information content (AvgIpc) is 2.35. The Morgan fingerprint density at radius 3 is 2.67 bits per heavy atom. The van der Waals surface area contributed by atoms with Crippen molar-refractivity contribution in [1.29, 1.82) is 0 Å². The normalized spacial score (nSPS) is 10.1. The summed E-state index contributed by atoms with van der Waals surface area (Å²) in [6.07, 6.45) is 0. The van der Waals surface area contributed by atoms with E-state index in [4.69, 9.17) is 17.3 Å². The first kappa shape index (κ1) is 12.5. The molecule has 0 atom stereocenters. The van der Waals surface area contributed by atoms with Gasteiger partial charge in [-0.05, 0) is 42.8 Å². The Kier molecular flexibility index (Phi) is 3.53. The molecule has 0 aliphatic carbocycles. The van der Waals surface area contributed by atoms with Gasteiger partial charge in [-0.1, -0.05) is 23.7 Å². The molecule has 0 radical (unpaired) electrons. The maximum atomic E-state index is 12.0. The highest BCUT2D eigenvalue weighted by Crippen LogP contribution is 2.21. The second-order valence-electron chi connectivity index (χ2n) is 3.98. The fourth-order valence-corrected chi connectivity index (χ4v) is 1.80. The molecule has 3 N–H and O–H groups in total. The van der Waals surface area contributed by atoms with Crippen LogP contribution >= 0.6 is 11.6 Å². The van der Waals surface area contributed by atoms with Crippen LogP contribution in [-0.2, 0) is 0 Å². The van der Waals surface area contributed by atoms with Crippen molar-refractivity contribution < 1.29 is 4.79 Å². The molecule has 3 nitrogen and oxygen atoms in total. The molecule has 4 heteroatoms. The van der Waals surface area contributed by atoms with E-state index in [1.165, 1.54) is 0 Å². The van der Waals surface area contributed by atoms with Crippen LogP contribution in [0.4, 0.5) is 11.4 Å². The van der Waals surface area contributed by atoms with Crippen molar-refractivity contribution in [2.24, 2.45) is 0 Å². The predicted molar refractivity (Wildman–Crippen MR) is 75.0 cm³/mol. The summed E-state index contributed by atoms with van der Waals surface area (Å²) in [5, 5.41) is 3.35. The Bertz CT molecular complexity index is 596. The number of hydrogen-bond acceptors (Lipinski definition) is 2. The highest BCUT2D eigenvalue weighted by Gasteiger charge is 2.08. The van der Waals surface area contributed by atoms with Gasteiger partial charge in [0, 0.05) is 22.0 Å². The van der Waals surface area contributed by atoms with Crippen LogP contribution in [0.5, 0.6) is 0 Å². The van der Waals surface area contributed by atoms with Gasteiger partial charge in [0.25, 0.3) is 5.91 Å². The van der Waals surface area contributed by atoms with Crippen molar-refractivity contribution in [1.82, 2.24) is 0 Å². The largest absolute Gasteiger partial charge is 0.398 e. The van der Waals surface area contributed by atoms with Crippen LogP contribution in [0, 0.1) is 6.92 Å². The molecule has 0 aliphatic heterocycles. The van der Waals surface area contributed by atoms with Gasteiger partial charge < -0.3 is 11.1 Å². The molecule has 1 amide bonds. The highest BCUT2D eigenvalue weighted by molar-refractivity contribution is 6.31. The number of nitrogens with one attached hydrogen (secondary N) is 1. The van der Waals surface area contributed by atoms with E-state index >= 15 is 0 Å². The SMILES string of the molecule is Cc1c(N)cccc1NC(=O)c1cccc(Cl)c1. The van der Waals surface area contributed by atoms with Crippen LogP contribution in [0.25, 0.3) is 0 Å². The predicted octanol–water partition coefficient (Wildman–Crippen LogP) is 3.48. The summed E-state index contributed by atoms with van der Waals surface area (Å²) in [6, 6.07) is 12.2. The maximum absolute atomic E-state index is 12.0. The number of carbonyl (C=O) groups excluding carboxylic acids is 1. The third kappa shape index (κ3) is 2.63. The zero-order valence-electron chi connectivity index (χ0n) is 9.91. The zero-order valence-corrected chi connectivity index (χ0v) is 10.7. The molecular weight excluding hydrogens is 248 g/mol. The van der Waals surface area contributed by atoms with E-state index in [2.05, 4.69) is 5.32 Å². The van der Waals surface area contributed by atoms with E-state index in [0.717, 1.165) is 5.56 Å². The molecular formula is C14H13ClN2O. The fraction of sp³-hybridized carbons (Fsp3) is 0.0714. The summed E-state index contributed by atoms with van der Waals surface area (Å²) in [4.78, 5) is 12.0. The third-order valence-electron chi connectivity index (χ3n) is 2.71. The topological polar surface area (TPSA) is 55.1 Å². The van der Waals surface area contributed by atoms with E-state index in [9.17, 15) is 4.79 Å². The van der Waals surface area contributed by atoms with Gasteiger partial charge in [0.05, 0.1) is 0 Å². The number of nitrogens with two attached hydrogens (primary N) is 1. The molecule has 0 spiro atoms. The van der Waals surface area contributed by atoms with Gasteiger partial charge in [0.1, 0.15) is 0 Å². The Balaban J connectivity index is 2.24. The van der Waals surface area contributed by atoms with Crippen molar-refractivity contribution >= 4 is 28.9 Å². The summed E-state index contributed by atoms with van der Waals surface area (Å²) >= 11 is 5.85. The number of amides is 1. The summed E-state index contributed by atoms with van der Waals surface area (Å²) in [5.74, 6) is -0.203. The molecule has 2 aromatic rings. The van der Waals surface area contributed by atoms with Gasteiger partial charge in [-0.15, -0.1) is 0 Å². The van der Waals surface area contributed by atoms with Crippen LogP contribution in [0.2, 0.25) is 5.02 Å². The third-order valence-corrected chi connectivity index (χ3v) is 2.95. The molecule has 0 saturated carbocycles. The summed E-state index contributed by atoms with van der Waals surface area (Å²) < 4.78 is 0. The molecule has 18 heavy (non-hydrogen) atoms. The van der Waals surface area contributed by atoms with Crippen LogP contribution in [0.15, 0.2) is 42.5 Å². The van der Waals surface area contributed by atoms with E-state index < -0.39 is 0 Å². The molecule has 0 aliphatic rings. The number of rotatable bonds is 2. The molecule has 0 saturated heterocycles. The van der Waals surface area contributed by atoms with E-state index in [1.807, 2.05) is 13.0 Å². The standard InChI is InChI=1S/C14H13ClN2O/c1-9-12(16)6-3-7-13(9)17-14(18)10-4-2-5-11(15)8-10/h2-8H,16H2,1H3,(H,17,18). The first-order chi connectivity index (χ1) is 8.58. The monoisotopic (exact) mass is 260 g/mol. The molecule has 0 unspecified atom stereocenters. The lowest BCUT2D eigenvalue weighted by atomic mass is 10.1. The zero-order chi connectivity index (χ0) is 13.1. The average molecular weight is 261 g/mol. The van der Waals surface area contributed by atoms with Gasteiger partial charge in [-0.2, -0.15) is 0 Å². The maximum Gasteiger partial charge on any atom is 0.255 e. The first-order valence-electron chi connectivity index (χ1n) is 5.50. The summed E-state index contributed by atoms with van der Waals surface area (Å²) in [5.41, 5.74) is 8.52. The summed E-state index contributed by atoms with van der Waals surface area (Å²) in [6.45, 7) is 1.86. The van der Waals surface area contributed by atoms with Crippen molar-refractivity contribution in [2.75, 3.05) is 11.1 Å². The number of anilines is 2. The number of nitrogen functional groups attached to an aromatic ring is 1. The Morgan fingerprint density at radius 2 is 1.94 bits per heavy atom. The van der Waals surface area contributed by atoms with Crippen molar-refractivity contribution in [3.8, 4) is 0 Å². The van der Waals surface area contributed by atoms with E-state index in [1.54, 1.807) is 36.4 Å². The van der Waals surface area contributed by atoms with E-state index in [0.29, 0.717) is 22.0 Å². The van der Waals surface area contributed by atoms with Crippen LogP contribution in [0.1, 0.15) is 15.9 Å². The van der Waals surface area contributed by atoms with Crippen LogP contribution in [0.3, 0.4) is 0 Å². The molecule has 92 valence electrons. The smallest absolute Gasteiger partial charge is 0.255 e. The molecule has 0 aromatic heterocycles. The molecule has 2 rings (SSSR count). The van der Waals surface area contributed by atoms with Crippen molar-refractivity contribution in [3.63, 3.8) is 0 Å². The number of benzene rings is 2. The fourth-order valence-electron chi connectivity index (χ4n) is 1.61. The first-order valence-corrected chi connectivity index (χ1v) is 5.88. The summed E-state index contributed by atoms with van der Waals surface area (Å²) in [7, 11) is 0. The molecule has 0 fully saturated rings. The minimum Gasteiger partial charge on any atom is -0.398 e. The van der Waals surface area contributed by atoms with E-state index in [-0.39, 0.29) is 5.91 Å². The second-order valence-corrected chi connectivity index (χ2v) is 4.42.